The number of hydrogen-bond acceptors (Lipinski definition) is 4. The second kappa shape index (κ2) is 5.54. The second-order valence-electron chi connectivity index (χ2n) is 8.88. The van der Waals surface area contributed by atoms with Crippen LogP contribution >= 0.6 is 0 Å². The van der Waals surface area contributed by atoms with Crippen molar-refractivity contribution in [1.29, 1.82) is 0 Å². The minimum atomic E-state index is -0.506. The fraction of sp³-hybridized carbons (Fsp3) is 0.714. The molecule has 4 rings (SSSR count). The Bertz CT molecular complexity index is 677. The van der Waals surface area contributed by atoms with Crippen LogP contribution < -0.4 is 0 Å². The molecule has 4 aliphatic rings. The van der Waals surface area contributed by atoms with Crippen LogP contribution in [0, 0.1) is 28.6 Å². The number of allylic oxidation sites excluding steroid dienone is 1. The highest BCUT2D eigenvalue weighted by Gasteiger charge is 2.60. The van der Waals surface area contributed by atoms with Gasteiger partial charge >= 0.3 is 5.97 Å². The molecule has 2 fully saturated rings. The number of carbonyl (C=O) groups excluding carboxylic acids is 2. The van der Waals surface area contributed by atoms with Gasteiger partial charge in [-0.05, 0) is 43.1 Å². The Balaban J connectivity index is 1.69. The van der Waals surface area contributed by atoms with Gasteiger partial charge in [0.2, 0.25) is 0 Å². The molecule has 0 spiro atoms. The Morgan fingerprint density at radius 3 is 2.76 bits per heavy atom. The smallest absolute Gasteiger partial charge is 0.303 e. The van der Waals surface area contributed by atoms with Crippen molar-refractivity contribution in [1.82, 2.24) is 0 Å². The lowest BCUT2D eigenvalue weighted by Crippen LogP contribution is -2.53. The Morgan fingerprint density at radius 2 is 2.04 bits per heavy atom. The zero-order valence-electron chi connectivity index (χ0n) is 15.3. The van der Waals surface area contributed by atoms with Crippen LogP contribution in [0.4, 0.5) is 0 Å². The molecule has 0 bridgehead atoms. The molecule has 0 saturated heterocycles. The summed E-state index contributed by atoms with van der Waals surface area (Å²) < 4.78 is 5.36. The first-order valence-corrected chi connectivity index (χ1v) is 9.55. The van der Waals surface area contributed by atoms with Crippen molar-refractivity contribution in [3.63, 3.8) is 0 Å². The zero-order valence-corrected chi connectivity index (χ0v) is 15.3. The molecule has 0 aromatic rings. The number of fused-ring (bicyclic) bond motifs is 5. The third-order valence-electron chi connectivity index (χ3n) is 7.67. The topological polar surface area (TPSA) is 63.6 Å². The summed E-state index contributed by atoms with van der Waals surface area (Å²) in [5.41, 5.74) is 0.832. The van der Waals surface area contributed by atoms with Crippen molar-refractivity contribution in [2.24, 2.45) is 28.6 Å². The highest BCUT2D eigenvalue weighted by molar-refractivity contribution is 5.87. The lowest BCUT2D eigenvalue weighted by molar-refractivity contribution is -0.144. The minimum Gasteiger partial charge on any atom is -0.458 e. The average molecular weight is 344 g/mol. The van der Waals surface area contributed by atoms with Gasteiger partial charge in [0.1, 0.15) is 11.9 Å². The molecule has 4 nitrogen and oxygen atoms in total. The van der Waals surface area contributed by atoms with Crippen LogP contribution in [-0.2, 0) is 14.3 Å². The van der Waals surface area contributed by atoms with Gasteiger partial charge in [0.25, 0.3) is 0 Å². The molecule has 4 aliphatic carbocycles. The summed E-state index contributed by atoms with van der Waals surface area (Å²) in [5.74, 6) is 0.890. The number of hydrogen-bond donors (Lipinski definition) is 1. The van der Waals surface area contributed by atoms with Crippen molar-refractivity contribution in [3.8, 4) is 0 Å². The van der Waals surface area contributed by atoms with E-state index in [-0.39, 0.29) is 34.7 Å². The first kappa shape index (κ1) is 17.0. The molecular formula is C21H28O4. The summed E-state index contributed by atoms with van der Waals surface area (Å²) in [5, 5.41) is 11.0. The van der Waals surface area contributed by atoms with E-state index in [9.17, 15) is 14.7 Å². The molecule has 0 aromatic carbocycles. The van der Waals surface area contributed by atoms with Crippen LogP contribution in [0.1, 0.15) is 52.9 Å². The maximum Gasteiger partial charge on any atom is 0.303 e. The van der Waals surface area contributed by atoms with Crippen molar-refractivity contribution in [2.45, 2.75) is 65.1 Å². The van der Waals surface area contributed by atoms with Gasteiger partial charge in [-0.2, -0.15) is 0 Å². The van der Waals surface area contributed by atoms with Crippen LogP contribution in [-0.4, -0.2) is 29.1 Å². The summed E-state index contributed by atoms with van der Waals surface area (Å²) in [7, 11) is 0. The summed E-state index contributed by atoms with van der Waals surface area (Å²) in [6, 6.07) is 0. The Morgan fingerprint density at radius 1 is 1.28 bits per heavy atom. The van der Waals surface area contributed by atoms with E-state index in [2.05, 4.69) is 19.9 Å². The molecule has 136 valence electrons. The van der Waals surface area contributed by atoms with Crippen LogP contribution in [0.25, 0.3) is 0 Å². The quantitative estimate of drug-likeness (QED) is 0.586. The molecule has 0 unspecified atom stereocenters. The molecule has 0 heterocycles. The van der Waals surface area contributed by atoms with Crippen molar-refractivity contribution >= 4 is 11.8 Å². The van der Waals surface area contributed by atoms with E-state index in [1.54, 1.807) is 0 Å². The van der Waals surface area contributed by atoms with Gasteiger partial charge in [0, 0.05) is 30.6 Å². The molecule has 0 aliphatic heterocycles. The number of Topliss-reactive ketones (excluding diaryl/α,β-unsaturated/α-hetero) is 1. The van der Waals surface area contributed by atoms with Crippen molar-refractivity contribution in [2.75, 3.05) is 0 Å². The maximum atomic E-state index is 12.5. The fourth-order valence-corrected chi connectivity index (χ4v) is 6.28. The lowest BCUT2D eigenvalue weighted by atomic mass is 9.48. The fourth-order valence-electron chi connectivity index (χ4n) is 6.28. The molecule has 7 atom stereocenters. The number of aliphatic hydroxyl groups is 1. The zero-order chi connectivity index (χ0) is 18.0. The monoisotopic (exact) mass is 344 g/mol. The van der Waals surface area contributed by atoms with E-state index >= 15 is 0 Å². The number of ether oxygens (including phenoxy) is 1. The first-order chi connectivity index (χ1) is 11.8. The Kier molecular flexibility index (Phi) is 3.77. The molecule has 4 heteroatoms. The van der Waals surface area contributed by atoms with Gasteiger partial charge in [0.05, 0.1) is 6.10 Å². The summed E-state index contributed by atoms with van der Waals surface area (Å²) in [6.07, 6.45) is 9.59. The largest absolute Gasteiger partial charge is 0.458 e. The van der Waals surface area contributed by atoms with Gasteiger partial charge in [-0.25, -0.2) is 0 Å². The molecule has 0 amide bonds. The van der Waals surface area contributed by atoms with E-state index in [1.165, 1.54) is 12.5 Å². The van der Waals surface area contributed by atoms with Crippen LogP contribution in [0.5, 0.6) is 0 Å². The van der Waals surface area contributed by atoms with Crippen molar-refractivity contribution < 1.29 is 19.4 Å². The van der Waals surface area contributed by atoms with Gasteiger partial charge < -0.3 is 9.84 Å². The first-order valence-electron chi connectivity index (χ1n) is 9.55. The third kappa shape index (κ3) is 2.37. The normalized spacial score (nSPS) is 48.2. The van der Waals surface area contributed by atoms with E-state index < -0.39 is 6.10 Å². The molecule has 1 N–H and O–H groups in total. The van der Waals surface area contributed by atoms with Gasteiger partial charge in [-0.15, -0.1) is 0 Å². The molecular weight excluding hydrogens is 316 g/mol. The van der Waals surface area contributed by atoms with Gasteiger partial charge in [-0.3, -0.25) is 9.59 Å². The van der Waals surface area contributed by atoms with Gasteiger partial charge in [0.15, 0.2) is 0 Å². The molecule has 0 radical (unpaired) electrons. The van der Waals surface area contributed by atoms with E-state index in [0.29, 0.717) is 24.5 Å². The third-order valence-corrected chi connectivity index (χ3v) is 7.67. The molecule has 2 saturated carbocycles. The predicted molar refractivity (Wildman–Crippen MR) is 93.6 cm³/mol. The summed E-state index contributed by atoms with van der Waals surface area (Å²) in [6.45, 7) is 5.80. The standard InChI is InChI=1S/C21H28O4/c1-12(22)25-14-6-8-20(2)13(10-14)11-17(23)19-15-4-5-18(24)21(15,3)9-7-16(19)20/h6,8,11,14-17,19,23H,4-5,7,9-10H2,1-3H3/t14-,15-,16-,17-,19-,20-,21-/m0/s1. The van der Waals surface area contributed by atoms with Crippen LogP contribution in [0.3, 0.4) is 0 Å². The summed E-state index contributed by atoms with van der Waals surface area (Å²) >= 11 is 0. The second-order valence-corrected chi connectivity index (χ2v) is 8.88. The molecule has 25 heavy (non-hydrogen) atoms. The number of aliphatic hydroxyl groups excluding tert-OH is 1. The number of esters is 1. The van der Waals surface area contributed by atoms with Crippen LogP contribution in [0.2, 0.25) is 0 Å². The average Bonchev–Trinajstić information content (AvgIpc) is 2.84. The van der Waals surface area contributed by atoms with Crippen LogP contribution in [0.15, 0.2) is 23.8 Å². The number of carbonyl (C=O) groups is 2. The van der Waals surface area contributed by atoms with Crippen molar-refractivity contribution in [3.05, 3.63) is 23.8 Å². The highest BCUT2D eigenvalue weighted by Crippen LogP contribution is 2.63. The minimum absolute atomic E-state index is 0.104. The number of rotatable bonds is 1. The summed E-state index contributed by atoms with van der Waals surface area (Å²) in [4.78, 5) is 23.7. The van der Waals surface area contributed by atoms with E-state index in [4.69, 9.17) is 4.74 Å². The lowest BCUT2D eigenvalue weighted by Gasteiger charge is -2.56. The highest BCUT2D eigenvalue weighted by atomic mass is 16.5. The van der Waals surface area contributed by atoms with E-state index in [1.807, 2.05) is 12.2 Å². The Hall–Kier alpha value is -1.42. The van der Waals surface area contributed by atoms with E-state index in [0.717, 1.165) is 19.3 Å². The number of ketones is 1. The van der Waals surface area contributed by atoms with Gasteiger partial charge in [-0.1, -0.05) is 31.6 Å². The Labute approximate surface area is 149 Å². The predicted octanol–water partition coefficient (Wildman–Crippen LogP) is 3.20. The SMILES string of the molecule is CC(=O)O[C@H]1C=C[C@@]2(C)C(=C[C@H](O)[C@@H]3[C@@H]2CC[C@]2(C)C(=O)CC[C@@H]32)C1. The molecule has 0 aromatic heterocycles. The maximum absolute atomic E-state index is 12.5.